The summed E-state index contributed by atoms with van der Waals surface area (Å²) in [5.41, 5.74) is 5.11. The van der Waals surface area contributed by atoms with E-state index in [2.05, 4.69) is 10.1 Å². The van der Waals surface area contributed by atoms with Crippen molar-refractivity contribution < 1.29 is 24.2 Å². The fourth-order valence-electron chi connectivity index (χ4n) is 2.72. The number of hydrogen-bond donors (Lipinski definition) is 3. The van der Waals surface area contributed by atoms with Crippen molar-refractivity contribution in [3.63, 3.8) is 0 Å². The van der Waals surface area contributed by atoms with Gasteiger partial charge in [-0.25, -0.2) is 4.79 Å². The van der Waals surface area contributed by atoms with E-state index < -0.39 is 29.4 Å². The molecule has 7 nitrogen and oxygen atoms in total. The van der Waals surface area contributed by atoms with Gasteiger partial charge in [-0.3, -0.25) is 9.59 Å². The molecule has 1 saturated carbocycles. The lowest BCUT2D eigenvalue weighted by molar-refractivity contribution is -0.145. The third-order valence-corrected chi connectivity index (χ3v) is 3.95. The van der Waals surface area contributed by atoms with E-state index in [1.165, 1.54) is 7.11 Å². The predicted molar refractivity (Wildman–Crippen MR) is 75.4 cm³/mol. The quantitative estimate of drug-likeness (QED) is 0.612. The van der Waals surface area contributed by atoms with Crippen LogP contribution in [0.2, 0.25) is 0 Å². The molecule has 0 radical (unpaired) electrons. The number of amides is 1. The summed E-state index contributed by atoms with van der Waals surface area (Å²) in [6, 6.07) is -1.13. The maximum absolute atomic E-state index is 12.3. The number of carbonyl (C=O) groups is 3. The first kappa shape index (κ1) is 17.4. The molecule has 0 saturated heterocycles. The first-order valence-corrected chi connectivity index (χ1v) is 7.18. The van der Waals surface area contributed by atoms with Crippen molar-refractivity contribution in [3.05, 3.63) is 0 Å². The summed E-state index contributed by atoms with van der Waals surface area (Å²) in [5, 5.41) is 11.6. The molecule has 1 aliphatic rings. The Balaban J connectivity index is 2.63. The van der Waals surface area contributed by atoms with E-state index in [0.29, 0.717) is 18.8 Å². The van der Waals surface area contributed by atoms with Crippen molar-refractivity contribution in [2.75, 3.05) is 7.11 Å². The zero-order valence-corrected chi connectivity index (χ0v) is 12.6. The molecule has 1 fully saturated rings. The second-order valence-electron chi connectivity index (χ2n) is 5.84. The van der Waals surface area contributed by atoms with Crippen LogP contribution < -0.4 is 11.1 Å². The average Bonchev–Trinajstić information content (AvgIpc) is 2.42. The van der Waals surface area contributed by atoms with Gasteiger partial charge in [0.05, 0.1) is 12.6 Å². The Labute approximate surface area is 124 Å². The van der Waals surface area contributed by atoms with Crippen molar-refractivity contribution in [2.24, 2.45) is 11.7 Å². The number of ether oxygens (including phenoxy) is 1. The molecule has 0 aromatic carbocycles. The minimum Gasteiger partial charge on any atom is -0.480 e. The van der Waals surface area contributed by atoms with Crippen LogP contribution in [0.15, 0.2) is 0 Å². The Hall–Kier alpha value is -1.63. The SMILES string of the molecule is COC(=O)CCC(NC(=O)C1(N)CCCC(C)C1)C(=O)O. The zero-order chi connectivity index (χ0) is 16.0. The maximum Gasteiger partial charge on any atom is 0.326 e. The average molecular weight is 300 g/mol. The van der Waals surface area contributed by atoms with Crippen LogP contribution in [-0.4, -0.2) is 41.6 Å². The molecule has 7 heteroatoms. The second kappa shape index (κ2) is 7.40. The molecule has 0 spiro atoms. The number of nitrogens with two attached hydrogens (primary N) is 1. The van der Waals surface area contributed by atoms with E-state index in [1.54, 1.807) is 0 Å². The van der Waals surface area contributed by atoms with Crippen LogP contribution in [0, 0.1) is 5.92 Å². The number of aliphatic carboxylic acids is 1. The molecule has 4 N–H and O–H groups in total. The Morgan fingerprint density at radius 1 is 1.48 bits per heavy atom. The monoisotopic (exact) mass is 300 g/mol. The molecule has 0 aromatic heterocycles. The van der Waals surface area contributed by atoms with Crippen LogP contribution in [0.3, 0.4) is 0 Å². The highest BCUT2D eigenvalue weighted by molar-refractivity contribution is 5.90. The summed E-state index contributed by atoms with van der Waals surface area (Å²) >= 11 is 0. The van der Waals surface area contributed by atoms with Crippen LogP contribution in [-0.2, 0) is 19.1 Å². The highest BCUT2D eigenvalue weighted by Crippen LogP contribution is 2.30. The fourth-order valence-corrected chi connectivity index (χ4v) is 2.72. The van der Waals surface area contributed by atoms with Gasteiger partial charge < -0.3 is 20.9 Å². The minimum atomic E-state index is -1.18. The van der Waals surface area contributed by atoms with Gasteiger partial charge in [0.15, 0.2) is 0 Å². The van der Waals surface area contributed by atoms with Crippen molar-refractivity contribution in [3.8, 4) is 0 Å². The summed E-state index contributed by atoms with van der Waals surface area (Å²) < 4.78 is 4.47. The first-order chi connectivity index (χ1) is 9.78. The zero-order valence-electron chi connectivity index (χ0n) is 12.6. The Morgan fingerprint density at radius 2 is 2.14 bits per heavy atom. The van der Waals surface area contributed by atoms with Gasteiger partial charge in [-0.05, 0) is 25.2 Å². The smallest absolute Gasteiger partial charge is 0.326 e. The third-order valence-electron chi connectivity index (χ3n) is 3.95. The van der Waals surface area contributed by atoms with Gasteiger partial charge in [0.25, 0.3) is 0 Å². The Kier molecular flexibility index (Phi) is 6.14. The predicted octanol–water partition coefficient (Wildman–Crippen LogP) is 0.417. The van der Waals surface area contributed by atoms with Gasteiger partial charge in [0.1, 0.15) is 6.04 Å². The van der Waals surface area contributed by atoms with Crippen molar-refractivity contribution >= 4 is 17.8 Å². The standard InChI is InChI=1S/C14H24N2O5/c1-9-4-3-7-14(15,8-9)13(20)16-10(12(18)19)5-6-11(17)21-2/h9-10H,3-8,15H2,1-2H3,(H,16,20)(H,18,19). The lowest BCUT2D eigenvalue weighted by Gasteiger charge is -2.36. The number of carboxylic acid groups (broad SMARTS) is 1. The highest BCUT2D eigenvalue weighted by atomic mass is 16.5. The number of nitrogens with one attached hydrogen (secondary N) is 1. The molecule has 0 bridgehead atoms. The van der Waals surface area contributed by atoms with Gasteiger partial charge in [-0.15, -0.1) is 0 Å². The number of hydrogen-bond acceptors (Lipinski definition) is 5. The largest absolute Gasteiger partial charge is 0.480 e. The molecule has 0 aromatic rings. The van der Waals surface area contributed by atoms with Gasteiger partial charge in [0.2, 0.25) is 5.91 Å². The summed E-state index contributed by atoms with van der Waals surface area (Å²) in [5.74, 6) is -1.80. The van der Waals surface area contributed by atoms with Gasteiger partial charge in [-0.1, -0.05) is 19.8 Å². The Morgan fingerprint density at radius 3 is 2.67 bits per heavy atom. The molecule has 1 aliphatic carbocycles. The third kappa shape index (κ3) is 5.00. The molecule has 0 aliphatic heterocycles. The second-order valence-corrected chi connectivity index (χ2v) is 5.84. The molecule has 1 amide bonds. The molecule has 1 rings (SSSR count). The van der Waals surface area contributed by atoms with E-state index in [-0.39, 0.29) is 12.8 Å². The van der Waals surface area contributed by atoms with E-state index in [4.69, 9.17) is 10.8 Å². The summed E-state index contributed by atoms with van der Waals surface area (Å²) in [6.45, 7) is 2.03. The van der Waals surface area contributed by atoms with E-state index in [0.717, 1.165) is 12.8 Å². The fraction of sp³-hybridized carbons (Fsp3) is 0.786. The van der Waals surface area contributed by atoms with Crippen LogP contribution in [0.4, 0.5) is 0 Å². The van der Waals surface area contributed by atoms with Crippen molar-refractivity contribution in [1.82, 2.24) is 5.32 Å². The molecule has 120 valence electrons. The van der Waals surface area contributed by atoms with E-state index in [1.807, 2.05) is 6.92 Å². The molecule has 0 heterocycles. The summed E-state index contributed by atoms with van der Waals surface area (Å²) in [7, 11) is 1.23. The number of methoxy groups -OCH3 is 1. The van der Waals surface area contributed by atoms with Crippen molar-refractivity contribution in [2.45, 2.75) is 57.0 Å². The van der Waals surface area contributed by atoms with E-state index in [9.17, 15) is 14.4 Å². The maximum atomic E-state index is 12.3. The minimum absolute atomic E-state index is 0.0145. The number of esters is 1. The molecule has 21 heavy (non-hydrogen) atoms. The topological polar surface area (TPSA) is 119 Å². The molecule has 3 atom stereocenters. The van der Waals surface area contributed by atoms with Crippen LogP contribution in [0.5, 0.6) is 0 Å². The highest BCUT2D eigenvalue weighted by Gasteiger charge is 2.39. The number of rotatable bonds is 6. The number of carbonyl (C=O) groups excluding carboxylic acids is 2. The van der Waals surface area contributed by atoms with Crippen LogP contribution in [0.25, 0.3) is 0 Å². The van der Waals surface area contributed by atoms with Gasteiger partial charge in [0, 0.05) is 6.42 Å². The van der Waals surface area contributed by atoms with Gasteiger partial charge in [-0.2, -0.15) is 0 Å². The van der Waals surface area contributed by atoms with Crippen molar-refractivity contribution in [1.29, 1.82) is 0 Å². The molecular weight excluding hydrogens is 276 g/mol. The molecule has 3 unspecified atom stereocenters. The first-order valence-electron chi connectivity index (χ1n) is 7.18. The lowest BCUT2D eigenvalue weighted by Crippen LogP contribution is -2.59. The normalized spacial score (nSPS) is 26.7. The van der Waals surface area contributed by atoms with Gasteiger partial charge >= 0.3 is 11.9 Å². The molecular formula is C14H24N2O5. The van der Waals surface area contributed by atoms with Crippen LogP contribution >= 0.6 is 0 Å². The Bertz CT molecular complexity index is 412. The summed E-state index contributed by atoms with van der Waals surface area (Å²) in [4.78, 5) is 34.5. The van der Waals surface area contributed by atoms with E-state index >= 15 is 0 Å². The summed E-state index contributed by atoms with van der Waals surface area (Å²) in [6.07, 6.45) is 2.89. The lowest BCUT2D eigenvalue weighted by atomic mass is 9.76. The van der Waals surface area contributed by atoms with Crippen LogP contribution in [0.1, 0.15) is 45.4 Å². The number of carboxylic acids is 1.